The molecule has 6 nitrogen and oxygen atoms in total. The first-order chi connectivity index (χ1) is 6.97. The van der Waals surface area contributed by atoms with Gasteiger partial charge in [0.15, 0.2) is 0 Å². The lowest BCUT2D eigenvalue weighted by molar-refractivity contribution is -0.149. The molecule has 3 N–H and O–H groups in total. The second kappa shape index (κ2) is 6.80. The zero-order chi connectivity index (χ0) is 11.8. The molecule has 0 spiro atoms. The van der Waals surface area contributed by atoms with Crippen LogP contribution in [-0.4, -0.2) is 30.4 Å². The molecule has 0 radical (unpaired) electrons. The normalized spacial score (nSPS) is 11.6. The molecule has 0 bridgehead atoms. The summed E-state index contributed by atoms with van der Waals surface area (Å²) in [5.41, 5.74) is 4.94. The molecule has 0 rings (SSSR count). The number of carbonyl (C=O) groups is 3. The summed E-state index contributed by atoms with van der Waals surface area (Å²) in [5, 5.41) is 2.31. The highest BCUT2D eigenvalue weighted by Crippen LogP contribution is 1.96. The van der Waals surface area contributed by atoms with Crippen LogP contribution in [-0.2, 0) is 19.1 Å². The van der Waals surface area contributed by atoms with Crippen molar-refractivity contribution in [3.05, 3.63) is 0 Å². The molecular formula is C9H16N2O4. The van der Waals surface area contributed by atoms with Crippen LogP contribution in [0, 0.1) is 0 Å². The van der Waals surface area contributed by atoms with Gasteiger partial charge in [-0.05, 0) is 6.42 Å². The summed E-state index contributed by atoms with van der Waals surface area (Å²) in [6.07, 6.45) is 0.428. The minimum absolute atomic E-state index is 0.248. The molecule has 0 aliphatic rings. The van der Waals surface area contributed by atoms with Gasteiger partial charge in [-0.15, -0.1) is 0 Å². The number of ether oxygens (including phenoxy) is 1. The molecule has 0 saturated carbocycles. The Bertz CT molecular complexity index is 236. The summed E-state index contributed by atoms with van der Waals surface area (Å²) in [5.74, 6) is -1.71. The predicted molar refractivity (Wildman–Crippen MR) is 52.7 cm³/mol. The molecular weight excluding hydrogens is 200 g/mol. The van der Waals surface area contributed by atoms with E-state index < -0.39 is 23.8 Å². The van der Waals surface area contributed by atoms with Crippen LogP contribution in [0.4, 0.5) is 0 Å². The zero-order valence-electron chi connectivity index (χ0n) is 8.91. The van der Waals surface area contributed by atoms with Crippen molar-refractivity contribution in [2.45, 2.75) is 32.7 Å². The molecule has 15 heavy (non-hydrogen) atoms. The van der Waals surface area contributed by atoms with E-state index in [-0.39, 0.29) is 13.0 Å². The number of nitrogens with one attached hydrogen (secondary N) is 1. The topological polar surface area (TPSA) is 98.5 Å². The Morgan fingerprint density at radius 3 is 2.40 bits per heavy atom. The third-order valence-corrected chi connectivity index (χ3v) is 1.52. The number of primary amides is 1. The Balaban J connectivity index is 4.26. The van der Waals surface area contributed by atoms with Crippen LogP contribution < -0.4 is 11.1 Å². The van der Waals surface area contributed by atoms with E-state index in [2.05, 4.69) is 5.32 Å². The Labute approximate surface area is 88.1 Å². The molecule has 0 saturated heterocycles. The Morgan fingerprint density at radius 2 is 2.00 bits per heavy atom. The first-order valence-corrected chi connectivity index (χ1v) is 4.69. The minimum atomic E-state index is -0.980. The number of nitrogens with two attached hydrogens (primary N) is 1. The summed E-state index contributed by atoms with van der Waals surface area (Å²) in [6.45, 7) is 3.35. The number of rotatable bonds is 6. The SMILES string of the molecule is CCCOC(=O)[C@H](CC(N)=O)NC(C)=O. The predicted octanol–water partition coefficient (Wildman–Crippen LogP) is -0.680. The van der Waals surface area contributed by atoms with Gasteiger partial charge in [0.25, 0.3) is 0 Å². The van der Waals surface area contributed by atoms with Gasteiger partial charge in [-0.1, -0.05) is 6.92 Å². The van der Waals surface area contributed by atoms with Gasteiger partial charge in [0.1, 0.15) is 6.04 Å². The molecule has 0 unspecified atom stereocenters. The maximum absolute atomic E-state index is 11.3. The Kier molecular flexibility index (Phi) is 6.08. The highest BCUT2D eigenvalue weighted by atomic mass is 16.5. The molecule has 0 fully saturated rings. The van der Waals surface area contributed by atoms with Gasteiger partial charge >= 0.3 is 5.97 Å². The van der Waals surface area contributed by atoms with Crippen molar-refractivity contribution in [2.24, 2.45) is 5.73 Å². The van der Waals surface area contributed by atoms with E-state index in [1.54, 1.807) is 0 Å². The van der Waals surface area contributed by atoms with Crippen molar-refractivity contribution in [1.29, 1.82) is 0 Å². The van der Waals surface area contributed by atoms with E-state index in [0.717, 1.165) is 0 Å². The average molecular weight is 216 g/mol. The molecule has 0 heterocycles. The molecule has 0 aromatic rings. The maximum Gasteiger partial charge on any atom is 0.329 e. The standard InChI is InChI=1S/C9H16N2O4/c1-3-4-15-9(14)7(5-8(10)13)11-6(2)12/h7H,3-5H2,1-2H3,(H2,10,13)(H,11,12)/t7-/m0/s1. The van der Waals surface area contributed by atoms with Crippen molar-refractivity contribution in [2.75, 3.05) is 6.61 Å². The number of amides is 2. The molecule has 0 aromatic carbocycles. The third kappa shape index (κ3) is 6.48. The fraction of sp³-hybridized carbons (Fsp3) is 0.667. The second-order valence-corrected chi connectivity index (χ2v) is 3.09. The average Bonchev–Trinajstić information content (AvgIpc) is 2.11. The van der Waals surface area contributed by atoms with Crippen molar-refractivity contribution < 1.29 is 19.1 Å². The minimum Gasteiger partial charge on any atom is -0.464 e. The van der Waals surface area contributed by atoms with Gasteiger partial charge in [-0.2, -0.15) is 0 Å². The number of hydrogen-bond acceptors (Lipinski definition) is 4. The largest absolute Gasteiger partial charge is 0.464 e. The Morgan fingerprint density at radius 1 is 1.40 bits per heavy atom. The maximum atomic E-state index is 11.3. The van der Waals surface area contributed by atoms with Gasteiger partial charge in [0.05, 0.1) is 13.0 Å². The molecule has 86 valence electrons. The highest BCUT2D eigenvalue weighted by Gasteiger charge is 2.22. The summed E-state index contributed by atoms with van der Waals surface area (Å²) in [7, 11) is 0. The van der Waals surface area contributed by atoms with Crippen molar-refractivity contribution in [3.8, 4) is 0 Å². The number of esters is 1. The van der Waals surface area contributed by atoms with Crippen LogP contribution in [0.2, 0.25) is 0 Å². The molecule has 0 aromatic heterocycles. The van der Waals surface area contributed by atoms with E-state index in [1.807, 2.05) is 6.92 Å². The van der Waals surface area contributed by atoms with E-state index in [4.69, 9.17) is 10.5 Å². The van der Waals surface area contributed by atoms with Crippen molar-refractivity contribution in [3.63, 3.8) is 0 Å². The van der Waals surface area contributed by atoms with Gasteiger partial charge < -0.3 is 15.8 Å². The van der Waals surface area contributed by atoms with Crippen molar-refractivity contribution in [1.82, 2.24) is 5.32 Å². The summed E-state index contributed by atoms with van der Waals surface area (Å²) in [6, 6.07) is -0.980. The fourth-order valence-electron chi connectivity index (χ4n) is 0.943. The van der Waals surface area contributed by atoms with Gasteiger partial charge in [-0.25, -0.2) is 4.79 Å². The molecule has 6 heteroatoms. The lowest BCUT2D eigenvalue weighted by Crippen LogP contribution is -2.43. The molecule has 0 aliphatic heterocycles. The van der Waals surface area contributed by atoms with Gasteiger partial charge in [0, 0.05) is 6.92 Å². The van der Waals surface area contributed by atoms with Crippen LogP contribution in [0.25, 0.3) is 0 Å². The summed E-state index contributed by atoms with van der Waals surface area (Å²) < 4.78 is 4.79. The van der Waals surface area contributed by atoms with Gasteiger partial charge in [0.2, 0.25) is 11.8 Å². The van der Waals surface area contributed by atoms with Crippen LogP contribution in [0.15, 0.2) is 0 Å². The van der Waals surface area contributed by atoms with E-state index in [9.17, 15) is 14.4 Å². The van der Waals surface area contributed by atoms with E-state index >= 15 is 0 Å². The van der Waals surface area contributed by atoms with E-state index in [0.29, 0.717) is 6.42 Å². The third-order valence-electron chi connectivity index (χ3n) is 1.52. The number of carbonyl (C=O) groups excluding carboxylic acids is 3. The fourth-order valence-corrected chi connectivity index (χ4v) is 0.943. The quantitative estimate of drug-likeness (QED) is 0.574. The zero-order valence-corrected chi connectivity index (χ0v) is 8.91. The first kappa shape index (κ1) is 13.4. The van der Waals surface area contributed by atoms with E-state index in [1.165, 1.54) is 6.92 Å². The summed E-state index contributed by atoms with van der Waals surface area (Å²) >= 11 is 0. The molecule has 0 aliphatic carbocycles. The lowest BCUT2D eigenvalue weighted by atomic mass is 10.2. The van der Waals surface area contributed by atoms with Crippen LogP contribution in [0.5, 0.6) is 0 Å². The van der Waals surface area contributed by atoms with Crippen LogP contribution in [0.3, 0.4) is 0 Å². The second-order valence-electron chi connectivity index (χ2n) is 3.09. The molecule has 1 atom stereocenters. The highest BCUT2D eigenvalue weighted by molar-refractivity contribution is 5.88. The Hall–Kier alpha value is -1.59. The van der Waals surface area contributed by atoms with Crippen molar-refractivity contribution >= 4 is 17.8 Å². The van der Waals surface area contributed by atoms with Crippen LogP contribution in [0.1, 0.15) is 26.7 Å². The van der Waals surface area contributed by atoms with Gasteiger partial charge in [-0.3, -0.25) is 9.59 Å². The first-order valence-electron chi connectivity index (χ1n) is 4.69. The smallest absolute Gasteiger partial charge is 0.329 e. The number of hydrogen-bond donors (Lipinski definition) is 2. The van der Waals surface area contributed by atoms with Crippen LogP contribution >= 0.6 is 0 Å². The lowest BCUT2D eigenvalue weighted by Gasteiger charge is -2.14. The summed E-state index contributed by atoms with van der Waals surface area (Å²) in [4.78, 5) is 32.7. The molecule has 2 amide bonds. The monoisotopic (exact) mass is 216 g/mol.